The molecule has 0 radical (unpaired) electrons. The number of carboxylic acid groups (broad SMARTS) is 1. The van der Waals surface area contributed by atoms with E-state index in [0.717, 1.165) is 0 Å². The molecule has 0 saturated carbocycles. The Morgan fingerprint density at radius 2 is 2.15 bits per heavy atom. The minimum atomic E-state index is -1.19. The summed E-state index contributed by atoms with van der Waals surface area (Å²) >= 11 is 0. The molecule has 3 heterocycles. The second-order valence-corrected chi connectivity index (χ2v) is 6.08. The van der Waals surface area contributed by atoms with Crippen LogP contribution >= 0.6 is 0 Å². The van der Waals surface area contributed by atoms with Crippen molar-refractivity contribution in [2.24, 2.45) is 5.73 Å². The van der Waals surface area contributed by atoms with Crippen LogP contribution in [0.3, 0.4) is 0 Å². The Kier molecular flexibility index (Phi) is 5.62. The first-order valence-electron chi connectivity index (χ1n) is 8.20. The summed E-state index contributed by atoms with van der Waals surface area (Å²) in [5, 5.41) is 32.3. The smallest absolute Gasteiger partial charge is 0.324 e. The number of nitrogens with one attached hydrogen (secondary N) is 1. The van der Waals surface area contributed by atoms with Gasteiger partial charge >= 0.3 is 5.97 Å². The summed E-state index contributed by atoms with van der Waals surface area (Å²) in [6.07, 6.45) is 1.71. The first-order valence-corrected chi connectivity index (χ1v) is 8.20. The van der Waals surface area contributed by atoms with Crippen molar-refractivity contribution in [2.75, 3.05) is 18.8 Å². The predicted molar refractivity (Wildman–Crippen MR) is 93.3 cm³/mol. The number of hydrogen-bond donors (Lipinski definition) is 6. The summed E-state index contributed by atoms with van der Waals surface area (Å²) in [6.45, 7) is 0.553. The molecule has 12 heteroatoms. The quantitative estimate of drug-likeness (QED) is 0.221. The fourth-order valence-corrected chi connectivity index (χ4v) is 2.79. The molecule has 146 valence electrons. The molecule has 1 aliphatic rings. The van der Waals surface area contributed by atoms with Gasteiger partial charge in [0.2, 0.25) is 0 Å². The van der Waals surface area contributed by atoms with Crippen molar-refractivity contribution in [3.63, 3.8) is 0 Å². The number of imidazole rings is 1. The summed E-state index contributed by atoms with van der Waals surface area (Å²) in [4.78, 5) is 22.7. The molecule has 27 heavy (non-hydrogen) atoms. The molecule has 12 nitrogen and oxygen atoms in total. The van der Waals surface area contributed by atoms with E-state index in [9.17, 15) is 15.0 Å². The number of nitrogens with zero attached hydrogens (tertiary/aromatic N) is 4. The van der Waals surface area contributed by atoms with Gasteiger partial charge in [-0.25, -0.2) is 15.0 Å². The first-order chi connectivity index (χ1) is 12.9. The number of aliphatic carboxylic acids is 1. The van der Waals surface area contributed by atoms with Gasteiger partial charge in [0.15, 0.2) is 17.7 Å². The molecule has 1 saturated heterocycles. The monoisotopic (exact) mass is 379 g/mol. The Bertz CT molecular complexity index is 841. The summed E-state index contributed by atoms with van der Waals surface area (Å²) < 4.78 is 7.25. The first kappa shape index (κ1) is 19.1. The number of aliphatic hydroxyl groups excluding tert-OH is 2. The van der Waals surface area contributed by atoms with Gasteiger partial charge in [-0.3, -0.25) is 9.36 Å². The standard InChI is InChI=1S/C15H21N7O5/c16-7(15(25)26)2-1-3-18-4-8-10(23)11(24)14(27-8)22-6-21-9-12(17)19-5-20-13(9)22/h1-2,5-8,10-11,14,18,23-24H,3-4,16H2,(H,25,26)(H2,17,19,20)/b2-1-/t7?,8-,10?,11?,14-/m1/s1. The van der Waals surface area contributed by atoms with Crippen LogP contribution in [0.15, 0.2) is 24.8 Å². The fraction of sp³-hybridized carbons (Fsp3) is 0.467. The van der Waals surface area contributed by atoms with Gasteiger partial charge in [0.05, 0.1) is 6.33 Å². The van der Waals surface area contributed by atoms with Gasteiger partial charge in [0.25, 0.3) is 0 Å². The van der Waals surface area contributed by atoms with Crippen molar-refractivity contribution < 1.29 is 24.9 Å². The number of fused-ring (bicyclic) bond motifs is 1. The van der Waals surface area contributed by atoms with E-state index in [0.29, 0.717) is 17.7 Å². The Balaban J connectivity index is 1.62. The van der Waals surface area contributed by atoms with Crippen LogP contribution in [0.25, 0.3) is 11.2 Å². The number of nitrogens with two attached hydrogens (primary N) is 2. The molecule has 0 aromatic carbocycles. The lowest BCUT2D eigenvalue weighted by molar-refractivity contribution is -0.137. The maximum Gasteiger partial charge on any atom is 0.324 e. The van der Waals surface area contributed by atoms with Crippen molar-refractivity contribution >= 4 is 23.0 Å². The van der Waals surface area contributed by atoms with Gasteiger partial charge in [0, 0.05) is 13.1 Å². The number of carboxylic acids is 1. The summed E-state index contributed by atoms with van der Waals surface area (Å²) in [5.74, 6) is -0.917. The molecular weight excluding hydrogens is 358 g/mol. The van der Waals surface area contributed by atoms with Crippen LogP contribution in [0, 0.1) is 0 Å². The fourth-order valence-electron chi connectivity index (χ4n) is 2.79. The van der Waals surface area contributed by atoms with Crippen molar-refractivity contribution in [3.8, 4) is 0 Å². The number of anilines is 1. The van der Waals surface area contributed by atoms with Gasteiger partial charge in [-0.15, -0.1) is 0 Å². The number of aromatic nitrogens is 4. The highest BCUT2D eigenvalue weighted by molar-refractivity contribution is 5.81. The molecule has 3 unspecified atom stereocenters. The number of ether oxygens (including phenoxy) is 1. The lowest BCUT2D eigenvalue weighted by Crippen LogP contribution is -2.37. The molecule has 3 rings (SSSR count). The molecule has 1 fully saturated rings. The normalized spacial score (nSPS) is 26.8. The van der Waals surface area contributed by atoms with E-state index in [1.54, 1.807) is 6.08 Å². The van der Waals surface area contributed by atoms with Crippen LogP contribution in [-0.4, -0.2) is 78.3 Å². The highest BCUT2D eigenvalue weighted by atomic mass is 16.6. The molecule has 2 aromatic rings. The van der Waals surface area contributed by atoms with E-state index in [4.69, 9.17) is 21.3 Å². The highest BCUT2D eigenvalue weighted by Gasteiger charge is 2.44. The van der Waals surface area contributed by atoms with Crippen LogP contribution < -0.4 is 16.8 Å². The van der Waals surface area contributed by atoms with E-state index in [1.807, 2.05) is 0 Å². The molecule has 8 N–H and O–H groups in total. The Morgan fingerprint density at radius 3 is 2.89 bits per heavy atom. The maximum absolute atomic E-state index is 10.6. The second kappa shape index (κ2) is 7.94. The summed E-state index contributed by atoms with van der Waals surface area (Å²) in [5.41, 5.74) is 11.9. The van der Waals surface area contributed by atoms with Crippen molar-refractivity contribution in [1.82, 2.24) is 24.8 Å². The maximum atomic E-state index is 10.6. The van der Waals surface area contributed by atoms with E-state index >= 15 is 0 Å². The van der Waals surface area contributed by atoms with Crippen molar-refractivity contribution in [3.05, 3.63) is 24.8 Å². The number of hydrogen-bond acceptors (Lipinski definition) is 10. The molecule has 1 aliphatic heterocycles. The van der Waals surface area contributed by atoms with Crippen LogP contribution in [-0.2, 0) is 9.53 Å². The van der Waals surface area contributed by atoms with Gasteiger partial charge in [-0.1, -0.05) is 12.2 Å². The second-order valence-electron chi connectivity index (χ2n) is 6.08. The van der Waals surface area contributed by atoms with Crippen LogP contribution in [0.5, 0.6) is 0 Å². The largest absolute Gasteiger partial charge is 0.480 e. The number of nitrogen functional groups attached to an aromatic ring is 1. The van der Waals surface area contributed by atoms with Crippen LogP contribution in [0.2, 0.25) is 0 Å². The zero-order valence-electron chi connectivity index (χ0n) is 14.2. The highest BCUT2D eigenvalue weighted by Crippen LogP contribution is 2.31. The minimum Gasteiger partial charge on any atom is -0.480 e. The Hall–Kier alpha value is -2.64. The molecule has 0 aliphatic carbocycles. The Labute approximate surface area is 153 Å². The Morgan fingerprint density at radius 1 is 1.37 bits per heavy atom. The number of rotatable bonds is 7. The number of aliphatic hydroxyl groups is 2. The topological polar surface area (TPSA) is 195 Å². The van der Waals surface area contributed by atoms with Crippen LogP contribution in [0.1, 0.15) is 6.23 Å². The zero-order chi connectivity index (χ0) is 19.6. The SMILES string of the molecule is Nc1ncnc2c1ncn2[C@@H]1O[C@H](CNC/C=C\C(N)C(=O)O)C(O)C1O. The van der Waals surface area contributed by atoms with E-state index < -0.39 is 36.6 Å². The van der Waals surface area contributed by atoms with Gasteiger partial charge in [0.1, 0.15) is 36.2 Å². The van der Waals surface area contributed by atoms with E-state index in [-0.39, 0.29) is 12.4 Å². The number of carbonyl (C=O) groups is 1. The average molecular weight is 379 g/mol. The zero-order valence-corrected chi connectivity index (χ0v) is 14.2. The molecule has 5 atom stereocenters. The summed E-state index contributed by atoms with van der Waals surface area (Å²) in [6, 6.07) is -1.07. The van der Waals surface area contributed by atoms with Gasteiger partial charge in [-0.2, -0.15) is 0 Å². The summed E-state index contributed by atoms with van der Waals surface area (Å²) in [7, 11) is 0. The molecular formula is C15H21N7O5. The third-order valence-electron chi connectivity index (χ3n) is 4.23. The minimum absolute atomic E-state index is 0.205. The van der Waals surface area contributed by atoms with Crippen LogP contribution in [0.4, 0.5) is 5.82 Å². The molecule has 2 aromatic heterocycles. The predicted octanol–water partition coefficient (Wildman–Crippen LogP) is -2.41. The average Bonchev–Trinajstić information content (AvgIpc) is 3.18. The van der Waals surface area contributed by atoms with Gasteiger partial charge in [-0.05, 0) is 0 Å². The van der Waals surface area contributed by atoms with E-state index in [2.05, 4.69) is 20.3 Å². The van der Waals surface area contributed by atoms with Crippen molar-refractivity contribution in [1.29, 1.82) is 0 Å². The lowest BCUT2D eigenvalue weighted by Gasteiger charge is -2.16. The van der Waals surface area contributed by atoms with Gasteiger partial charge < -0.3 is 36.8 Å². The third kappa shape index (κ3) is 3.89. The van der Waals surface area contributed by atoms with E-state index in [1.165, 1.54) is 23.3 Å². The third-order valence-corrected chi connectivity index (χ3v) is 4.23. The molecule has 0 amide bonds. The molecule has 0 spiro atoms. The molecule has 0 bridgehead atoms. The van der Waals surface area contributed by atoms with Crippen molar-refractivity contribution in [2.45, 2.75) is 30.6 Å². The lowest BCUT2D eigenvalue weighted by atomic mass is 10.1.